The van der Waals surface area contributed by atoms with Crippen molar-refractivity contribution in [2.24, 2.45) is 0 Å². The van der Waals surface area contributed by atoms with Crippen LogP contribution >= 0.6 is 23.2 Å². The van der Waals surface area contributed by atoms with E-state index in [2.05, 4.69) is 20.2 Å². The number of nitrogens with zero attached hydrogens (tertiary/aromatic N) is 5. The molecular formula is C23H17Cl2N5O3. The van der Waals surface area contributed by atoms with Gasteiger partial charge in [-0.1, -0.05) is 35.3 Å². The van der Waals surface area contributed by atoms with Crippen LogP contribution in [-0.4, -0.2) is 38.6 Å². The Morgan fingerprint density at radius 2 is 1.97 bits per heavy atom. The van der Waals surface area contributed by atoms with Crippen LogP contribution in [0.2, 0.25) is 5.02 Å². The maximum Gasteiger partial charge on any atom is 0.285 e. The molecule has 4 aromatic rings. The number of anilines is 1. The van der Waals surface area contributed by atoms with E-state index in [9.17, 15) is 4.79 Å². The third-order valence-electron chi connectivity index (χ3n) is 5.42. The molecule has 2 atom stereocenters. The summed E-state index contributed by atoms with van der Waals surface area (Å²) in [5.41, 5.74) is 2.26. The smallest absolute Gasteiger partial charge is 0.285 e. The number of ether oxygens (including phenoxy) is 1. The number of halogens is 2. The molecule has 2 aromatic heterocycles. The van der Waals surface area contributed by atoms with E-state index < -0.39 is 11.4 Å². The van der Waals surface area contributed by atoms with E-state index in [0.29, 0.717) is 23.0 Å². The predicted molar refractivity (Wildman–Crippen MR) is 123 cm³/mol. The summed E-state index contributed by atoms with van der Waals surface area (Å²) in [5.74, 6) is -0.535. The lowest BCUT2D eigenvalue weighted by Gasteiger charge is -2.25. The van der Waals surface area contributed by atoms with Gasteiger partial charge < -0.3 is 14.1 Å². The average Bonchev–Trinajstić information content (AvgIpc) is 3.44. The lowest BCUT2D eigenvalue weighted by molar-refractivity contribution is 0.0926. The molecule has 33 heavy (non-hydrogen) atoms. The van der Waals surface area contributed by atoms with E-state index in [0.717, 1.165) is 16.8 Å². The molecule has 0 aliphatic carbocycles. The minimum atomic E-state index is -0.737. The molecule has 0 radical (unpaired) electrons. The van der Waals surface area contributed by atoms with E-state index in [1.807, 2.05) is 47.4 Å². The number of alkyl halides is 1. The highest BCUT2D eigenvalue weighted by atomic mass is 35.5. The first-order chi connectivity index (χ1) is 16.0. The number of hydrogen-bond donors (Lipinski definition) is 0. The zero-order valence-electron chi connectivity index (χ0n) is 17.4. The highest BCUT2D eigenvalue weighted by Gasteiger charge is 2.44. The van der Waals surface area contributed by atoms with Crippen LogP contribution < -0.4 is 9.64 Å². The highest BCUT2D eigenvalue weighted by Crippen LogP contribution is 2.46. The zero-order valence-corrected chi connectivity index (χ0v) is 18.9. The molecule has 0 spiro atoms. The maximum atomic E-state index is 13.5. The molecule has 0 saturated carbocycles. The fourth-order valence-electron chi connectivity index (χ4n) is 3.83. The molecule has 0 amide bonds. The molecule has 10 heteroatoms. The normalized spacial score (nSPS) is 17.1. The van der Waals surface area contributed by atoms with Crippen molar-refractivity contribution in [3.63, 3.8) is 0 Å². The summed E-state index contributed by atoms with van der Waals surface area (Å²) in [6.07, 6.45) is 4.52. The molecule has 8 nitrogen and oxygen atoms in total. The van der Waals surface area contributed by atoms with E-state index in [-0.39, 0.29) is 17.6 Å². The van der Waals surface area contributed by atoms with Crippen molar-refractivity contribution in [3.8, 4) is 17.3 Å². The number of benzene rings is 2. The van der Waals surface area contributed by atoms with Crippen LogP contribution in [0.1, 0.15) is 27.7 Å². The molecule has 2 aromatic carbocycles. The standard InChI is InChI=1S/C23H17Cl2N5O3/c1-32-15-6-7-18-16(10-15)19(21(25)30(18)12-13-2-4-14(24)5-3-13)20(31)23-29-28-22(33-23)17-11-26-8-9-27-17/h2-11,19,21H,12H2,1H3. The van der Waals surface area contributed by atoms with Gasteiger partial charge in [0.05, 0.1) is 19.2 Å². The summed E-state index contributed by atoms with van der Waals surface area (Å²) in [6, 6.07) is 13.0. The van der Waals surface area contributed by atoms with Crippen molar-refractivity contribution in [2.75, 3.05) is 12.0 Å². The second-order valence-corrected chi connectivity index (χ2v) is 8.28. The minimum absolute atomic E-state index is 0.111. The molecule has 2 unspecified atom stereocenters. The van der Waals surface area contributed by atoms with Gasteiger partial charge in [0.1, 0.15) is 16.9 Å². The van der Waals surface area contributed by atoms with Gasteiger partial charge in [-0.25, -0.2) is 4.98 Å². The number of Topliss-reactive ketones (excluding diaryl/α,β-unsaturated/α-hetero) is 1. The Hall–Kier alpha value is -3.49. The summed E-state index contributed by atoms with van der Waals surface area (Å²) in [7, 11) is 1.57. The van der Waals surface area contributed by atoms with E-state index in [1.165, 1.54) is 18.6 Å². The fourth-order valence-corrected chi connectivity index (χ4v) is 4.38. The van der Waals surface area contributed by atoms with Gasteiger partial charge in [0.2, 0.25) is 5.78 Å². The van der Waals surface area contributed by atoms with E-state index >= 15 is 0 Å². The topological polar surface area (TPSA) is 94.2 Å². The minimum Gasteiger partial charge on any atom is -0.497 e. The zero-order chi connectivity index (χ0) is 22.9. The summed E-state index contributed by atoms with van der Waals surface area (Å²) in [6.45, 7) is 0.489. The van der Waals surface area contributed by atoms with Gasteiger partial charge >= 0.3 is 0 Å². The summed E-state index contributed by atoms with van der Waals surface area (Å²) < 4.78 is 11.0. The molecule has 0 saturated heterocycles. The number of rotatable bonds is 6. The first-order valence-corrected chi connectivity index (χ1v) is 10.8. The number of aromatic nitrogens is 4. The van der Waals surface area contributed by atoms with E-state index in [4.69, 9.17) is 32.4 Å². The van der Waals surface area contributed by atoms with Crippen LogP contribution in [-0.2, 0) is 6.54 Å². The second-order valence-electron chi connectivity index (χ2n) is 7.40. The van der Waals surface area contributed by atoms with Crippen LogP contribution in [0.15, 0.2) is 65.5 Å². The van der Waals surface area contributed by atoms with Gasteiger partial charge in [-0.15, -0.1) is 10.2 Å². The lowest BCUT2D eigenvalue weighted by Crippen LogP contribution is -2.32. The van der Waals surface area contributed by atoms with Crippen molar-refractivity contribution >= 4 is 34.7 Å². The Morgan fingerprint density at radius 1 is 1.15 bits per heavy atom. The van der Waals surface area contributed by atoms with Crippen LogP contribution in [0.25, 0.3) is 11.6 Å². The lowest BCUT2D eigenvalue weighted by atomic mass is 9.96. The molecule has 166 valence electrons. The van der Waals surface area contributed by atoms with Gasteiger partial charge in [0.25, 0.3) is 11.8 Å². The predicted octanol–water partition coefficient (Wildman–Crippen LogP) is 4.74. The number of hydrogen-bond acceptors (Lipinski definition) is 8. The van der Waals surface area contributed by atoms with Crippen molar-refractivity contribution in [1.29, 1.82) is 0 Å². The Balaban J connectivity index is 1.50. The Bertz CT molecular complexity index is 1300. The van der Waals surface area contributed by atoms with Crippen LogP contribution in [0.4, 0.5) is 5.69 Å². The van der Waals surface area contributed by atoms with Crippen molar-refractivity contribution in [1.82, 2.24) is 20.2 Å². The molecule has 1 aliphatic rings. The SMILES string of the molecule is COc1ccc2c(c1)C(C(=O)c1nnc(-c3cnccn3)o1)C(Cl)N2Cc1ccc(Cl)cc1. The number of carbonyl (C=O) groups excluding carboxylic acids is 1. The number of fused-ring (bicyclic) bond motifs is 1. The van der Waals surface area contributed by atoms with Gasteiger partial charge in [-0.3, -0.25) is 9.78 Å². The third-order valence-corrected chi connectivity index (χ3v) is 6.16. The average molecular weight is 482 g/mol. The first kappa shape index (κ1) is 21.4. The Labute approximate surface area is 199 Å². The summed E-state index contributed by atoms with van der Waals surface area (Å²) in [4.78, 5) is 23.6. The monoisotopic (exact) mass is 481 g/mol. The second kappa shape index (κ2) is 8.80. The van der Waals surface area contributed by atoms with Gasteiger partial charge in [-0.2, -0.15) is 0 Å². The quantitative estimate of drug-likeness (QED) is 0.221. The summed E-state index contributed by atoms with van der Waals surface area (Å²) in [5, 5.41) is 8.55. The molecule has 0 N–H and O–H groups in total. The van der Waals surface area contributed by atoms with Crippen LogP contribution in [0.3, 0.4) is 0 Å². The summed E-state index contributed by atoms with van der Waals surface area (Å²) >= 11 is 12.9. The number of carbonyl (C=O) groups is 1. The molecule has 0 fully saturated rings. The van der Waals surface area contributed by atoms with Crippen molar-refractivity contribution in [3.05, 3.63) is 83.1 Å². The molecule has 0 bridgehead atoms. The first-order valence-electron chi connectivity index (χ1n) is 10.0. The Morgan fingerprint density at radius 3 is 2.70 bits per heavy atom. The van der Waals surface area contributed by atoms with Gasteiger partial charge in [-0.05, 0) is 41.5 Å². The number of methoxy groups -OCH3 is 1. The molecule has 1 aliphatic heterocycles. The number of ketones is 1. The van der Waals surface area contributed by atoms with Crippen LogP contribution in [0, 0.1) is 0 Å². The largest absolute Gasteiger partial charge is 0.497 e. The van der Waals surface area contributed by atoms with Gasteiger partial charge in [0.15, 0.2) is 0 Å². The fraction of sp³-hybridized carbons (Fsp3) is 0.174. The molecule has 5 rings (SSSR count). The van der Waals surface area contributed by atoms with E-state index in [1.54, 1.807) is 7.11 Å². The molecular weight excluding hydrogens is 465 g/mol. The van der Waals surface area contributed by atoms with Gasteiger partial charge in [0, 0.05) is 29.6 Å². The van der Waals surface area contributed by atoms with Crippen molar-refractivity contribution < 1.29 is 13.9 Å². The van der Waals surface area contributed by atoms with Crippen molar-refractivity contribution in [2.45, 2.75) is 18.0 Å². The third kappa shape index (κ3) is 4.03. The maximum absolute atomic E-state index is 13.5. The van der Waals surface area contributed by atoms with Crippen LogP contribution in [0.5, 0.6) is 5.75 Å². The molecule has 3 heterocycles. The highest BCUT2D eigenvalue weighted by molar-refractivity contribution is 6.30. The Kier molecular flexibility index (Phi) is 5.70.